The van der Waals surface area contributed by atoms with Gasteiger partial charge in [-0.1, -0.05) is 382 Å². The van der Waals surface area contributed by atoms with Crippen molar-refractivity contribution in [2.45, 2.75) is 10.8 Å². The van der Waals surface area contributed by atoms with Crippen LogP contribution in [-0.2, 0) is 10.8 Å². The molecule has 4 heteroatoms. The number of aromatic nitrogens is 2. The summed E-state index contributed by atoms with van der Waals surface area (Å²) < 4.78 is 4.79. The summed E-state index contributed by atoms with van der Waals surface area (Å²) in [6.45, 7) is 0. The molecule has 0 aliphatic heterocycles. The first-order chi connectivity index (χ1) is 64.4. The van der Waals surface area contributed by atoms with E-state index in [2.05, 4.69) is 529 Å². The fourth-order valence-electron chi connectivity index (χ4n) is 21.7. The van der Waals surface area contributed by atoms with E-state index in [4.69, 9.17) is 0 Å². The van der Waals surface area contributed by atoms with Crippen LogP contribution in [0.5, 0.6) is 0 Å². The molecule has 1 unspecified atom stereocenters. The predicted molar refractivity (Wildman–Crippen MR) is 544 cm³/mol. The van der Waals surface area contributed by atoms with Crippen molar-refractivity contribution >= 4 is 88.2 Å². The van der Waals surface area contributed by atoms with Crippen molar-refractivity contribution in [1.82, 2.24) is 9.13 Å². The molecule has 23 aromatic rings. The summed E-state index contributed by atoms with van der Waals surface area (Å²) in [6.07, 6.45) is 4.51. The highest BCUT2D eigenvalue weighted by Crippen LogP contribution is 2.61. The summed E-state index contributed by atoms with van der Waals surface area (Å²) in [6, 6.07) is 185. The smallest absolute Gasteiger partial charge is 0.0715 e. The molecule has 2 aliphatic rings. The zero-order valence-corrected chi connectivity index (χ0v) is 71.3. The summed E-state index contributed by atoms with van der Waals surface area (Å²) in [7, 11) is 0. The van der Waals surface area contributed by atoms with E-state index >= 15 is 0 Å². The number of hydrogen-bond acceptors (Lipinski definition) is 2. The van der Waals surface area contributed by atoms with Crippen molar-refractivity contribution in [3.05, 3.63) is 554 Å². The quantitative estimate of drug-likeness (QED) is 0.0845. The van der Waals surface area contributed by atoms with E-state index < -0.39 is 10.8 Å². The van der Waals surface area contributed by atoms with Gasteiger partial charge in [-0.3, -0.25) is 0 Å². The van der Waals surface area contributed by atoms with Gasteiger partial charge in [-0.15, -0.1) is 0 Å². The lowest BCUT2D eigenvalue weighted by Gasteiger charge is -2.36. The van der Waals surface area contributed by atoms with Gasteiger partial charge in [0.25, 0.3) is 0 Å². The van der Waals surface area contributed by atoms with Crippen molar-refractivity contribution in [2.75, 3.05) is 9.80 Å². The zero-order chi connectivity index (χ0) is 85.8. The van der Waals surface area contributed by atoms with E-state index in [0.29, 0.717) is 0 Å². The maximum Gasteiger partial charge on any atom is 0.0715 e. The summed E-state index contributed by atoms with van der Waals surface area (Å²) in [5, 5.41) is 9.76. The molecule has 2 aromatic heterocycles. The van der Waals surface area contributed by atoms with Crippen molar-refractivity contribution < 1.29 is 0 Å². The van der Waals surface area contributed by atoms with Crippen LogP contribution < -0.4 is 9.80 Å². The standard InChI is InChI=1S/C126H84N4/c1-7-25-85(26-8-1)88-49-62-102(63-50-88)129(103-64-51-89(52-65-103)86-27-9-2-10-28-86)104-66-55-92(56-67-104)91-47-60-101(61-48-91)127-80-78-117-118-81-96(57-73-111(118)110-39-21-22-41-116(110)124(117)127)93-45-58-100(59-46-93)125(97-32-13-4-14-33-97)119-42-24-23-40-112(119)113-75-71-107(83-121(113)125)130(105-68-53-90(54-69-105)87-29-11-3-12-30-87)108-72-76-115-114-74-70-106(128-79-77-95-44-43-94-31-19-20-38-109(94)123(95)128)82-120(114)126(122(115)84-108,98-34-15-5-16-35-98)99-36-17-6-18-37-99/h1-84H. The third kappa shape index (κ3) is 12.3. The minimum absolute atomic E-state index is 0.727. The van der Waals surface area contributed by atoms with Crippen LogP contribution in [0.2, 0.25) is 0 Å². The van der Waals surface area contributed by atoms with Gasteiger partial charge >= 0.3 is 0 Å². The fourth-order valence-corrected chi connectivity index (χ4v) is 21.7. The minimum atomic E-state index is -0.731. The Bertz CT molecular complexity index is 8130. The van der Waals surface area contributed by atoms with E-state index in [-0.39, 0.29) is 0 Å². The number of anilines is 6. The number of benzene rings is 21. The lowest BCUT2D eigenvalue weighted by molar-refractivity contribution is 0.767. The summed E-state index contributed by atoms with van der Waals surface area (Å²) in [5.74, 6) is 0. The van der Waals surface area contributed by atoms with Crippen molar-refractivity contribution in [2.24, 2.45) is 0 Å². The van der Waals surface area contributed by atoms with E-state index in [1.165, 1.54) is 149 Å². The average molecular weight is 1650 g/mol. The Morgan fingerprint density at radius 3 is 1.00 bits per heavy atom. The molecule has 4 nitrogen and oxygen atoms in total. The van der Waals surface area contributed by atoms with E-state index in [1.54, 1.807) is 0 Å². The van der Waals surface area contributed by atoms with Crippen molar-refractivity contribution in [3.63, 3.8) is 0 Å². The van der Waals surface area contributed by atoms with Gasteiger partial charge in [0.2, 0.25) is 0 Å². The van der Waals surface area contributed by atoms with Crippen LogP contribution in [0.15, 0.2) is 510 Å². The number of fused-ring (bicyclic) bond motifs is 15. The van der Waals surface area contributed by atoms with Gasteiger partial charge in [-0.2, -0.15) is 0 Å². The molecule has 0 amide bonds. The highest BCUT2D eigenvalue weighted by atomic mass is 15.1. The molecule has 0 radical (unpaired) electrons. The molecule has 2 aliphatic carbocycles. The van der Waals surface area contributed by atoms with Crippen LogP contribution in [0.25, 0.3) is 143 Å². The van der Waals surface area contributed by atoms with Gasteiger partial charge in [0, 0.05) is 79.4 Å². The van der Waals surface area contributed by atoms with Crippen LogP contribution in [0, 0.1) is 0 Å². The van der Waals surface area contributed by atoms with Gasteiger partial charge in [0.15, 0.2) is 0 Å². The highest BCUT2D eigenvalue weighted by molar-refractivity contribution is 6.25. The molecule has 1 atom stereocenters. The maximum absolute atomic E-state index is 2.52. The van der Waals surface area contributed by atoms with E-state index in [1.807, 2.05) is 0 Å². The molecular formula is C126H84N4. The Morgan fingerprint density at radius 1 is 0.162 bits per heavy atom. The molecule has 21 aromatic carbocycles. The maximum atomic E-state index is 2.52. The van der Waals surface area contributed by atoms with Gasteiger partial charge in [0.05, 0.1) is 21.9 Å². The molecule has 0 fully saturated rings. The largest absolute Gasteiger partial charge is 0.316 e. The number of rotatable bonds is 17. The monoisotopic (exact) mass is 1650 g/mol. The lowest BCUT2D eigenvalue weighted by atomic mass is 9.67. The number of nitrogens with zero attached hydrogens (tertiary/aromatic N) is 4. The van der Waals surface area contributed by atoms with Crippen molar-refractivity contribution in [1.29, 1.82) is 0 Å². The summed E-state index contributed by atoms with van der Waals surface area (Å²) in [5.41, 5.74) is 35.9. The zero-order valence-electron chi connectivity index (χ0n) is 71.3. The minimum Gasteiger partial charge on any atom is -0.316 e. The SMILES string of the molecule is c1ccc(-c2ccc(N(c3ccc(-c4ccccc4)cc3)c3ccc(-c4ccc(-n5ccc6c7cc(-c8ccc(C9(c%10ccccc%10)c%10ccccc%10-c%10ccc(N(c%11ccc(-c%12ccccc%12)cc%11)c%11ccc%12c(c%11)C(c%11ccccc%11)(c%11ccccc%11)c%11cc(-n%13ccc%14ccc%15ccccc%15c%14%13)ccc%11-%12)cc%109)cc8)ccc7c7ccccc7c65)cc4)cc3)cc2)cc1. The summed E-state index contributed by atoms with van der Waals surface area (Å²) >= 11 is 0. The third-order valence-electron chi connectivity index (χ3n) is 27.7. The lowest BCUT2D eigenvalue weighted by Crippen LogP contribution is -2.29. The van der Waals surface area contributed by atoms with Gasteiger partial charge in [-0.05, 0) is 259 Å². The normalized spacial score (nSPS) is 13.5. The summed E-state index contributed by atoms with van der Waals surface area (Å²) in [4.78, 5) is 4.87. The van der Waals surface area contributed by atoms with Crippen LogP contribution in [0.4, 0.5) is 34.1 Å². The molecule has 130 heavy (non-hydrogen) atoms. The highest BCUT2D eigenvalue weighted by Gasteiger charge is 2.49. The van der Waals surface area contributed by atoms with Crippen LogP contribution in [-0.4, -0.2) is 9.13 Å². The molecule has 608 valence electrons. The second-order valence-electron chi connectivity index (χ2n) is 34.6. The average Bonchev–Trinajstić information content (AvgIpc) is 1.54. The van der Waals surface area contributed by atoms with Gasteiger partial charge in [0.1, 0.15) is 0 Å². The Hall–Kier alpha value is -16.9. The third-order valence-corrected chi connectivity index (χ3v) is 27.7. The predicted octanol–water partition coefficient (Wildman–Crippen LogP) is 33.0. The Morgan fingerprint density at radius 2 is 0.485 bits per heavy atom. The second-order valence-corrected chi connectivity index (χ2v) is 34.6. The molecule has 0 saturated carbocycles. The van der Waals surface area contributed by atoms with Gasteiger partial charge < -0.3 is 18.9 Å². The van der Waals surface area contributed by atoms with E-state index in [9.17, 15) is 0 Å². The first kappa shape index (κ1) is 75.6. The van der Waals surface area contributed by atoms with E-state index in [0.717, 1.165) is 73.3 Å². The molecular weight excluding hydrogens is 1570 g/mol. The molecule has 0 saturated heterocycles. The molecule has 25 rings (SSSR count). The Labute approximate surface area is 756 Å². The van der Waals surface area contributed by atoms with Crippen molar-refractivity contribution in [3.8, 4) is 89.3 Å². The molecule has 0 spiro atoms. The fraction of sp³-hybridized carbons (Fsp3) is 0.0159. The first-order valence-corrected chi connectivity index (χ1v) is 45.0. The molecule has 2 heterocycles. The van der Waals surface area contributed by atoms with Gasteiger partial charge in [-0.25, -0.2) is 0 Å². The Kier molecular flexibility index (Phi) is 18.0. The Balaban J connectivity index is 0.584. The second kappa shape index (κ2) is 31.0. The topological polar surface area (TPSA) is 16.3 Å². The first-order valence-electron chi connectivity index (χ1n) is 45.0. The number of hydrogen-bond donors (Lipinski definition) is 0. The van der Waals surface area contributed by atoms with Crippen LogP contribution in [0.1, 0.15) is 44.5 Å². The molecule has 0 N–H and O–H groups in total. The van der Waals surface area contributed by atoms with Crippen LogP contribution in [0.3, 0.4) is 0 Å². The molecule has 0 bridgehead atoms. The van der Waals surface area contributed by atoms with Crippen LogP contribution >= 0.6 is 0 Å².